The van der Waals surface area contributed by atoms with Crippen molar-refractivity contribution in [3.8, 4) is 5.75 Å². The van der Waals surface area contributed by atoms with Gasteiger partial charge in [-0.05, 0) is 62.3 Å². The Balaban J connectivity index is 1.45. The van der Waals surface area contributed by atoms with Crippen LogP contribution in [-0.4, -0.2) is 56.2 Å². The number of likely N-dealkylation sites (tertiary alicyclic amines) is 1. The van der Waals surface area contributed by atoms with Crippen LogP contribution in [0.5, 0.6) is 5.75 Å². The molecule has 0 spiro atoms. The second kappa shape index (κ2) is 10.3. The van der Waals surface area contributed by atoms with Crippen molar-refractivity contribution in [2.24, 2.45) is 11.8 Å². The van der Waals surface area contributed by atoms with Gasteiger partial charge in [-0.3, -0.25) is 0 Å². The van der Waals surface area contributed by atoms with Gasteiger partial charge in [-0.15, -0.1) is 0 Å². The van der Waals surface area contributed by atoms with Crippen LogP contribution in [0.15, 0.2) is 24.3 Å². The molecule has 0 bridgehead atoms. The molecule has 1 saturated heterocycles. The molecule has 0 radical (unpaired) electrons. The zero-order valence-electron chi connectivity index (χ0n) is 18.8. The van der Waals surface area contributed by atoms with Gasteiger partial charge in [-0.2, -0.15) is 0 Å². The molecule has 29 heavy (non-hydrogen) atoms. The highest BCUT2D eigenvalue weighted by Gasteiger charge is 2.36. The molecule has 4 rings (SSSR count). The molecule has 1 aromatic carbocycles. The fourth-order valence-corrected chi connectivity index (χ4v) is 6.32. The summed E-state index contributed by atoms with van der Waals surface area (Å²) < 4.78 is 5.55. The molecule has 3 nitrogen and oxygen atoms in total. The maximum Gasteiger partial charge on any atom is 0.119 e. The number of hydrogen-bond acceptors (Lipinski definition) is 3. The Labute approximate surface area is 178 Å². The highest BCUT2D eigenvalue weighted by atomic mass is 16.5. The molecular formula is C26H42N2O. The molecule has 2 unspecified atom stereocenters. The monoisotopic (exact) mass is 398 g/mol. The van der Waals surface area contributed by atoms with Crippen LogP contribution in [0.3, 0.4) is 0 Å². The number of methoxy groups -OCH3 is 1. The largest absolute Gasteiger partial charge is 0.497 e. The van der Waals surface area contributed by atoms with Gasteiger partial charge in [-0.1, -0.05) is 50.7 Å². The summed E-state index contributed by atoms with van der Waals surface area (Å²) in [5.74, 6) is 3.31. The lowest BCUT2D eigenvalue weighted by atomic mass is 9.87. The van der Waals surface area contributed by atoms with Gasteiger partial charge in [0, 0.05) is 38.1 Å². The van der Waals surface area contributed by atoms with E-state index in [9.17, 15) is 0 Å². The first-order chi connectivity index (χ1) is 14.2. The molecule has 0 N–H and O–H groups in total. The maximum atomic E-state index is 5.55. The van der Waals surface area contributed by atoms with Gasteiger partial charge in [0.05, 0.1) is 7.11 Å². The fraction of sp³-hybridized carbons (Fsp3) is 0.769. The van der Waals surface area contributed by atoms with E-state index in [0.29, 0.717) is 5.92 Å². The molecule has 3 fully saturated rings. The third-order valence-electron chi connectivity index (χ3n) is 8.00. The van der Waals surface area contributed by atoms with Crippen molar-refractivity contribution in [1.82, 2.24) is 9.80 Å². The Morgan fingerprint density at radius 3 is 2.41 bits per heavy atom. The van der Waals surface area contributed by atoms with Gasteiger partial charge in [0.2, 0.25) is 0 Å². The van der Waals surface area contributed by atoms with Gasteiger partial charge in [0.15, 0.2) is 0 Å². The van der Waals surface area contributed by atoms with E-state index in [1.54, 1.807) is 7.11 Å². The molecule has 2 atom stereocenters. The van der Waals surface area contributed by atoms with Crippen molar-refractivity contribution in [2.45, 2.75) is 76.2 Å². The zero-order chi connectivity index (χ0) is 20.1. The Morgan fingerprint density at radius 2 is 1.69 bits per heavy atom. The summed E-state index contributed by atoms with van der Waals surface area (Å²) in [6.07, 6.45) is 14.3. The van der Waals surface area contributed by atoms with Gasteiger partial charge in [-0.25, -0.2) is 0 Å². The lowest BCUT2D eigenvalue weighted by molar-refractivity contribution is 0.159. The summed E-state index contributed by atoms with van der Waals surface area (Å²) in [7, 11) is 4.18. The molecule has 1 aromatic rings. The minimum atomic E-state index is 0.639. The van der Waals surface area contributed by atoms with Crippen LogP contribution >= 0.6 is 0 Å². The van der Waals surface area contributed by atoms with Gasteiger partial charge < -0.3 is 14.5 Å². The summed E-state index contributed by atoms with van der Waals surface area (Å²) in [5, 5.41) is 0. The highest BCUT2D eigenvalue weighted by Crippen LogP contribution is 2.37. The van der Waals surface area contributed by atoms with Crippen molar-refractivity contribution in [3.63, 3.8) is 0 Å². The van der Waals surface area contributed by atoms with Crippen LogP contribution in [0.4, 0.5) is 0 Å². The number of hydrogen-bond donors (Lipinski definition) is 0. The molecule has 2 aliphatic carbocycles. The smallest absolute Gasteiger partial charge is 0.119 e. The first-order valence-electron chi connectivity index (χ1n) is 12.3. The number of rotatable bonds is 7. The summed E-state index contributed by atoms with van der Waals surface area (Å²) in [5.41, 5.74) is 1.48. The van der Waals surface area contributed by atoms with Crippen LogP contribution in [0.25, 0.3) is 0 Å². The molecule has 162 valence electrons. The van der Waals surface area contributed by atoms with Crippen LogP contribution in [-0.2, 0) is 0 Å². The second-order valence-electron chi connectivity index (χ2n) is 10.1. The fourth-order valence-electron chi connectivity index (χ4n) is 6.32. The predicted molar refractivity (Wildman–Crippen MR) is 122 cm³/mol. The molecule has 3 aliphatic rings. The third-order valence-corrected chi connectivity index (χ3v) is 8.00. The Bertz CT molecular complexity index is 621. The predicted octanol–water partition coefficient (Wildman–Crippen LogP) is 5.56. The van der Waals surface area contributed by atoms with Crippen LogP contribution in [0.2, 0.25) is 0 Å². The van der Waals surface area contributed by atoms with Crippen molar-refractivity contribution < 1.29 is 4.74 Å². The quantitative estimate of drug-likeness (QED) is 0.598. The maximum absolute atomic E-state index is 5.55. The van der Waals surface area contributed by atoms with Crippen molar-refractivity contribution >= 4 is 0 Å². The summed E-state index contributed by atoms with van der Waals surface area (Å²) in [6.45, 7) is 5.07. The normalized spacial score (nSPS) is 27.6. The lowest BCUT2D eigenvalue weighted by Gasteiger charge is -2.34. The lowest BCUT2D eigenvalue weighted by Crippen LogP contribution is -2.38. The molecular weight excluding hydrogens is 356 g/mol. The van der Waals surface area contributed by atoms with Crippen LogP contribution < -0.4 is 4.74 Å². The zero-order valence-corrected chi connectivity index (χ0v) is 18.8. The number of ether oxygens (including phenoxy) is 1. The van der Waals surface area contributed by atoms with Crippen molar-refractivity contribution in [2.75, 3.05) is 40.3 Å². The van der Waals surface area contributed by atoms with Crippen LogP contribution in [0.1, 0.15) is 75.7 Å². The van der Waals surface area contributed by atoms with E-state index in [0.717, 1.165) is 23.6 Å². The molecule has 1 heterocycles. The van der Waals surface area contributed by atoms with Crippen molar-refractivity contribution in [1.29, 1.82) is 0 Å². The number of benzene rings is 1. The van der Waals surface area contributed by atoms with E-state index in [4.69, 9.17) is 4.74 Å². The van der Waals surface area contributed by atoms with Crippen LogP contribution in [0, 0.1) is 11.8 Å². The minimum Gasteiger partial charge on any atom is -0.497 e. The number of nitrogens with zero attached hydrogens (tertiary/aromatic N) is 2. The molecule has 1 aliphatic heterocycles. The molecule has 2 saturated carbocycles. The SMILES string of the molecule is COc1cccc(C2CN(CC3CCCCC3)CC2CN(C)C2CCCCC2)c1. The minimum absolute atomic E-state index is 0.639. The van der Waals surface area contributed by atoms with E-state index in [2.05, 4.69) is 41.1 Å². The second-order valence-corrected chi connectivity index (χ2v) is 10.1. The van der Waals surface area contributed by atoms with Gasteiger partial charge in [0.25, 0.3) is 0 Å². The van der Waals surface area contributed by atoms with Gasteiger partial charge in [0.1, 0.15) is 5.75 Å². The van der Waals surface area contributed by atoms with E-state index >= 15 is 0 Å². The standard InChI is InChI=1S/C26H42N2O/c1-27(24-13-7-4-8-14-24)18-23-19-28(17-21-10-5-3-6-11-21)20-26(23)22-12-9-15-25(16-22)29-2/h9,12,15-16,21,23-24,26H,3-8,10-11,13-14,17-20H2,1-2H3. The van der Waals surface area contributed by atoms with E-state index in [-0.39, 0.29) is 0 Å². The molecule has 0 amide bonds. The highest BCUT2D eigenvalue weighted by molar-refractivity contribution is 5.32. The summed E-state index contributed by atoms with van der Waals surface area (Å²) in [4.78, 5) is 5.51. The van der Waals surface area contributed by atoms with Gasteiger partial charge >= 0.3 is 0 Å². The third kappa shape index (κ3) is 5.55. The first-order valence-corrected chi connectivity index (χ1v) is 12.3. The Morgan fingerprint density at radius 1 is 0.966 bits per heavy atom. The topological polar surface area (TPSA) is 15.7 Å². The average Bonchev–Trinajstić information content (AvgIpc) is 3.17. The Kier molecular flexibility index (Phi) is 7.53. The summed E-state index contributed by atoms with van der Waals surface area (Å²) >= 11 is 0. The molecule has 0 aromatic heterocycles. The summed E-state index contributed by atoms with van der Waals surface area (Å²) in [6, 6.07) is 9.70. The average molecular weight is 399 g/mol. The van der Waals surface area contributed by atoms with E-state index in [1.807, 2.05) is 0 Å². The molecule has 3 heteroatoms. The Hall–Kier alpha value is -1.06. The first kappa shape index (κ1) is 21.2. The van der Waals surface area contributed by atoms with E-state index < -0.39 is 0 Å². The van der Waals surface area contributed by atoms with E-state index in [1.165, 1.54) is 96.0 Å². The van der Waals surface area contributed by atoms with Crippen molar-refractivity contribution in [3.05, 3.63) is 29.8 Å².